The van der Waals surface area contributed by atoms with E-state index < -0.39 is 17.8 Å². The van der Waals surface area contributed by atoms with Crippen LogP contribution < -0.4 is 5.32 Å². The summed E-state index contributed by atoms with van der Waals surface area (Å²) >= 11 is 7.59. The molecule has 0 aliphatic heterocycles. The van der Waals surface area contributed by atoms with Crippen LogP contribution in [0.1, 0.15) is 33.5 Å². The highest BCUT2D eigenvalue weighted by molar-refractivity contribution is 7.15. The van der Waals surface area contributed by atoms with E-state index in [1.54, 1.807) is 16.9 Å². The number of hydrogen-bond donors (Lipinski definition) is 1. The van der Waals surface area contributed by atoms with Crippen LogP contribution >= 0.6 is 22.9 Å². The molecule has 4 aromatic heterocycles. The van der Waals surface area contributed by atoms with Crippen molar-refractivity contribution in [2.75, 3.05) is 5.32 Å². The number of nitrogens with one attached hydrogen (secondary N) is 1. The Morgan fingerprint density at radius 3 is 2.58 bits per heavy atom. The Hall–Kier alpha value is -3.70. The fourth-order valence-corrected chi connectivity index (χ4v) is 4.73. The monoisotopic (exact) mass is 530 g/mol. The molecule has 0 fully saturated rings. The van der Waals surface area contributed by atoms with Gasteiger partial charge in [0, 0.05) is 17.1 Å². The third-order valence-corrected chi connectivity index (χ3v) is 6.88. The van der Waals surface area contributed by atoms with E-state index in [9.17, 15) is 18.0 Å². The van der Waals surface area contributed by atoms with Crippen LogP contribution in [-0.2, 0) is 19.1 Å². The van der Waals surface area contributed by atoms with Gasteiger partial charge in [0.05, 0.1) is 17.1 Å². The Morgan fingerprint density at radius 2 is 1.89 bits per heavy atom. The number of carbonyl (C=O) groups excluding carboxylic acids is 1. The molecule has 1 aromatic carbocycles. The van der Waals surface area contributed by atoms with Gasteiger partial charge in [-0.3, -0.25) is 9.48 Å². The SMILES string of the molecule is CCc1ccc(-c2cc(C(F)(F)F)n3nc(C(=O)Nc4nn(Cc5ccccc5)cc4Cl)cc3n2)s1. The second-order valence-electron chi connectivity index (χ2n) is 7.91. The van der Waals surface area contributed by atoms with Crippen LogP contribution in [0.3, 0.4) is 0 Å². The summed E-state index contributed by atoms with van der Waals surface area (Å²) in [5, 5.41) is 10.9. The minimum atomic E-state index is -4.71. The summed E-state index contributed by atoms with van der Waals surface area (Å²) in [7, 11) is 0. The Labute approximate surface area is 212 Å². The maximum atomic E-state index is 13.9. The summed E-state index contributed by atoms with van der Waals surface area (Å²) in [6.45, 7) is 2.39. The van der Waals surface area contributed by atoms with Gasteiger partial charge in [-0.2, -0.15) is 23.4 Å². The predicted octanol–water partition coefficient (Wildman–Crippen LogP) is 6.19. The Bertz CT molecular complexity index is 1560. The molecule has 5 aromatic rings. The molecule has 12 heteroatoms. The number of anilines is 1. The quantitative estimate of drug-likeness (QED) is 0.284. The first-order valence-corrected chi connectivity index (χ1v) is 12.1. The molecule has 0 saturated heterocycles. The van der Waals surface area contributed by atoms with E-state index >= 15 is 0 Å². The molecule has 1 amide bonds. The van der Waals surface area contributed by atoms with Crippen LogP contribution in [0.4, 0.5) is 19.0 Å². The average Bonchev–Trinajstić information content (AvgIpc) is 3.57. The number of rotatable bonds is 6. The molecule has 0 aliphatic rings. The first-order valence-electron chi connectivity index (χ1n) is 10.9. The van der Waals surface area contributed by atoms with Crippen molar-refractivity contribution in [1.29, 1.82) is 0 Å². The zero-order valence-corrected chi connectivity index (χ0v) is 20.3. The second kappa shape index (κ2) is 9.40. The standard InChI is InChI=1S/C24H18ClF3N6OS/c1-2-15-8-9-19(36-15)17-10-20(24(26,27)28)34-21(29-17)11-18(31-34)23(35)30-22-16(25)13-33(32-22)12-14-6-4-3-5-7-14/h3-11,13H,2,12H2,1H3,(H,30,32,35). The Morgan fingerprint density at radius 1 is 1.11 bits per heavy atom. The summed E-state index contributed by atoms with van der Waals surface area (Å²) in [6, 6.07) is 15.3. The number of carbonyl (C=O) groups is 1. The number of aryl methyl sites for hydroxylation is 1. The van der Waals surface area contributed by atoms with E-state index in [2.05, 4.69) is 20.5 Å². The first kappa shape index (κ1) is 24.0. The van der Waals surface area contributed by atoms with Crippen molar-refractivity contribution in [1.82, 2.24) is 24.4 Å². The molecule has 5 rings (SSSR count). The molecular weight excluding hydrogens is 513 g/mol. The van der Waals surface area contributed by atoms with Crippen molar-refractivity contribution in [2.24, 2.45) is 0 Å². The number of benzene rings is 1. The lowest BCUT2D eigenvalue weighted by atomic mass is 10.2. The van der Waals surface area contributed by atoms with Crippen LogP contribution in [0.25, 0.3) is 16.2 Å². The van der Waals surface area contributed by atoms with Crippen LogP contribution in [-0.4, -0.2) is 30.3 Å². The van der Waals surface area contributed by atoms with Gasteiger partial charge < -0.3 is 5.32 Å². The van der Waals surface area contributed by atoms with Gasteiger partial charge in [-0.15, -0.1) is 11.3 Å². The average molecular weight is 531 g/mol. The van der Waals surface area contributed by atoms with E-state index in [4.69, 9.17) is 11.6 Å². The molecule has 7 nitrogen and oxygen atoms in total. The maximum Gasteiger partial charge on any atom is 0.433 e. The van der Waals surface area contributed by atoms with Gasteiger partial charge >= 0.3 is 6.18 Å². The number of amides is 1. The van der Waals surface area contributed by atoms with Crippen LogP contribution in [0.5, 0.6) is 0 Å². The van der Waals surface area contributed by atoms with Crippen molar-refractivity contribution in [2.45, 2.75) is 26.1 Å². The highest BCUT2D eigenvalue weighted by Gasteiger charge is 2.36. The lowest BCUT2D eigenvalue weighted by molar-refractivity contribution is -0.142. The second-order valence-corrected chi connectivity index (χ2v) is 9.48. The summed E-state index contributed by atoms with van der Waals surface area (Å²) in [5.41, 5.74) is -0.239. The number of halogens is 4. The van der Waals surface area contributed by atoms with E-state index in [-0.39, 0.29) is 27.9 Å². The smallest absolute Gasteiger partial charge is 0.302 e. The molecule has 0 spiro atoms. The molecule has 0 radical (unpaired) electrons. The fraction of sp³-hybridized carbons (Fsp3) is 0.167. The number of alkyl halides is 3. The molecule has 4 heterocycles. The summed E-state index contributed by atoms with van der Waals surface area (Å²) < 4.78 is 43.8. The third-order valence-electron chi connectivity index (χ3n) is 5.35. The summed E-state index contributed by atoms with van der Waals surface area (Å²) in [4.78, 5) is 18.8. The minimum Gasteiger partial charge on any atom is -0.302 e. The lowest BCUT2D eigenvalue weighted by Gasteiger charge is -2.10. The fourth-order valence-electron chi connectivity index (χ4n) is 3.62. The van der Waals surface area contributed by atoms with Crippen molar-refractivity contribution in [3.63, 3.8) is 0 Å². The maximum absolute atomic E-state index is 13.9. The molecule has 1 N–H and O–H groups in total. The molecule has 0 unspecified atom stereocenters. The van der Waals surface area contributed by atoms with Crippen molar-refractivity contribution < 1.29 is 18.0 Å². The van der Waals surface area contributed by atoms with Crippen LogP contribution in [0.2, 0.25) is 5.02 Å². The Kier molecular flexibility index (Phi) is 6.27. The predicted molar refractivity (Wildman–Crippen MR) is 131 cm³/mol. The van der Waals surface area contributed by atoms with Crippen LogP contribution in [0.15, 0.2) is 60.8 Å². The molecule has 0 aliphatic carbocycles. The Balaban J connectivity index is 1.45. The molecule has 0 atom stereocenters. The van der Waals surface area contributed by atoms with Gasteiger partial charge in [-0.1, -0.05) is 48.9 Å². The number of fused-ring (bicyclic) bond motifs is 1. The molecule has 36 heavy (non-hydrogen) atoms. The highest BCUT2D eigenvalue weighted by atomic mass is 35.5. The van der Waals surface area contributed by atoms with E-state index in [0.29, 0.717) is 15.9 Å². The van der Waals surface area contributed by atoms with Crippen molar-refractivity contribution in [3.8, 4) is 10.6 Å². The molecular formula is C24H18ClF3N6OS. The van der Waals surface area contributed by atoms with Gasteiger partial charge in [-0.05, 0) is 30.2 Å². The van der Waals surface area contributed by atoms with Crippen LogP contribution in [0, 0.1) is 0 Å². The van der Waals surface area contributed by atoms with Gasteiger partial charge in [0.1, 0.15) is 5.02 Å². The van der Waals surface area contributed by atoms with E-state index in [0.717, 1.165) is 22.9 Å². The van der Waals surface area contributed by atoms with Gasteiger partial charge in [0.15, 0.2) is 22.9 Å². The highest BCUT2D eigenvalue weighted by Crippen LogP contribution is 2.34. The lowest BCUT2D eigenvalue weighted by Crippen LogP contribution is -2.16. The number of thiophene rings is 1. The third kappa shape index (κ3) is 4.84. The number of aromatic nitrogens is 5. The minimum absolute atomic E-state index is 0.0741. The van der Waals surface area contributed by atoms with Crippen molar-refractivity contribution in [3.05, 3.63) is 87.6 Å². The number of nitrogens with zero attached hydrogens (tertiary/aromatic N) is 5. The topological polar surface area (TPSA) is 77.1 Å². The van der Waals surface area contributed by atoms with Gasteiger partial charge in [-0.25, -0.2) is 9.50 Å². The summed E-state index contributed by atoms with van der Waals surface area (Å²) in [5.74, 6) is -0.684. The van der Waals surface area contributed by atoms with E-state index in [1.807, 2.05) is 43.3 Å². The van der Waals surface area contributed by atoms with Gasteiger partial charge in [0.25, 0.3) is 5.91 Å². The van der Waals surface area contributed by atoms with Crippen molar-refractivity contribution >= 4 is 40.3 Å². The summed E-state index contributed by atoms with van der Waals surface area (Å²) in [6.07, 6.45) is -2.39. The molecule has 184 valence electrons. The largest absolute Gasteiger partial charge is 0.433 e. The van der Waals surface area contributed by atoms with Gasteiger partial charge in [0.2, 0.25) is 0 Å². The molecule has 0 saturated carbocycles. The normalized spacial score (nSPS) is 11.8. The first-order chi connectivity index (χ1) is 17.2. The molecule has 0 bridgehead atoms. The number of hydrogen-bond acceptors (Lipinski definition) is 5. The van der Waals surface area contributed by atoms with E-state index in [1.165, 1.54) is 17.4 Å². The zero-order valence-electron chi connectivity index (χ0n) is 18.8. The zero-order chi connectivity index (χ0) is 25.4.